The number of aromatic nitrogens is 2. The Labute approximate surface area is 170 Å². The van der Waals surface area contributed by atoms with Crippen LogP contribution >= 0.6 is 34.5 Å². The molecular weight excluding hydrogens is 405 g/mol. The van der Waals surface area contributed by atoms with Gasteiger partial charge in [-0.3, -0.25) is 14.0 Å². The molecule has 0 bridgehead atoms. The highest BCUT2D eigenvalue weighted by Crippen LogP contribution is 2.37. The summed E-state index contributed by atoms with van der Waals surface area (Å²) in [6.07, 6.45) is 6.37. The number of hydrogen-bond donors (Lipinski definition) is 1. The monoisotopic (exact) mass is 421 g/mol. The Morgan fingerprint density at radius 2 is 2.15 bits per heavy atom. The number of carbonyl (C=O) groups is 1. The largest absolute Gasteiger partial charge is 0.346 e. The van der Waals surface area contributed by atoms with E-state index in [1.54, 1.807) is 18.3 Å². The van der Waals surface area contributed by atoms with E-state index in [0.717, 1.165) is 29.7 Å². The van der Waals surface area contributed by atoms with Gasteiger partial charge < -0.3 is 5.32 Å². The number of benzene rings is 1. The second-order valence-electron chi connectivity index (χ2n) is 6.97. The van der Waals surface area contributed by atoms with Crippen LogP contribution in [0.15, 0.2) is 35.4 Å². The predicted octanol–water partition coefficient (Wildman–Crippen LogP) is 4.27. The fourth-order valence-electron chi connectivity index (χ4n) is 3.44. The topological polar surface area (TPSA) is 63.5 Å². The highest BCUT2D eigenvalue weighted by atomic mass is 35.5. The van der Waals surface area contributed by atoms with Crippen LogP contribution in [0, 0.1) is 6.92 Å². The fourth-order valence-corrected chi connectivity index (χ4v) is 4.70. The lowest BCUT2D eigenvalue weighted by molar-refractivity contribution is 0.0824. The SMILES string of the molecule is Cc1cn2c(=O)c(C(=O)NC3(Cc4ccc(Cl)cc4Cl)CCC3)cnc2s1. The summed E-state index contributed by atoms with van der Waals surface area (Å²) in [5, 5.41) is 4.23. The zero-order valence-electron chi connectivity index (χ0n) is 14.6. The van der Waals surface area contributed by atoms with Crippen LogP contribution in [-0.4, -0.2) is 20.8 Å². The first-order valence-electron chi connectivity index (χ1n) is 8.61. The van der Waals surface area contributed by atoms with E-state index in [1.165, 1.54) is 21.9 Å². The van der Waals surface area contributed by atoms with Crippen molar-refractivity contribution in [2.45, 2.75) is 38.1 Å². The normalized spacial score (nSPS) is 15.5. The number of nitrogens with one attached hydrogen (secondary N) is 1. The molecule has 3 aromatic rings. The predicted molar refractivity (Wildman–Crippen MR) is 108 cm³/mol. The van der Waals surface area contributed by atoms with Crippen molar-refractivity contribution in [1.29, 1.82) is 0 Å². The van der Waals surface area contributed by atoms with Crippen molar-refractivity contribution >= 4 is 45.4 Å². The van der Waals surface area contributed by atoms with Gasteiger partial charge in [-0.2, -0.15) is 0 Å². The zero-order chi connectivity index (χ0) is 19.2. The highest BCUT2D eigenvalue weighted by molar-refractivity contribution is 7.16. The van der Waals surface area contributed by atoms with Crippen molar-refractivity contribution in [3.63, 3.8) is 0 Å². The Balaban J connectivity index is 1.60. The van der Waals surface area contributed by atoms with Crippen LogP contribution in [-0.2, 0) is 6.42 Å². The average molecular weight is 422 g/mol. The van der Waals surface area contributed by atoms with Crippen molar-refractivity contribution in [3.05, 3.63) is 67.0 Å². The molecule has 1 saturated carbocycles. The van der Waals surface area contributed by atoms with Gasteiger partial charge >= 0.3 is 0 Å². The van der Waals surface area contributed by atoms with Gasteiger partial charge in [0.25, 0.3) is 11.5 Å². The number of hydrogen-bond acceptors (Lipinski definition) is 4. The van der Waals surface area contributed by atoms with Crippen LogP contribution in [0.5, 0.6) is 0 Å². The second kappa shape index (κ2) is 6.93. The van der Waals surface area contributed by atoms with Crippen LogP contribution in [0.1, 0.15) is 40.1 Å². The molecule has 0 spiro atoms. The van der Waals surface area contributed by atoms with Crippen LogP contribution in [0.2, 0.25) is 10.0 Å². The van der Waals surface area contributed by atoms with Crippen molar-refractivity contribution in [3.8, 4) is 0 Å². The molecule has 1 fully saturated rings. The Morgan fingerprint density at radius 3 is 2.81 bits per heavy atom. The lowest BCUT2D eigenvalue weighted by Crippen LogP contribution is -2.55. The summed E-state index contributed by atoms with van der Waals surface area (Å²) in [4.78, 5) is 31.3. The molecule has 1 aliphatic carbocycles. The van der Waals surface area contributed by atoms with Gasteiger partial charge in [-0.15, -0.1) is 11.3 Å². The quantitative estimate of drug-likeness (QED) is 0.683. The van der Waals surface area contributed by atoms with Gasteiger partial charge in [0.2, 0.25) is 0 Å². The number of fused-ring (bicyclic) bond motifs is 1. The molecule has 0 unspecified atom stereocenters. The Kier molecular flexibility index (Phi) is 4.74. The number of thiazole rings is 1. The summed E-state index contributed by atoms with van der Waals surface area (Å²) < 4.78 is 1.43. The number of aryl methyl sites for hydroxylation is 1. The molecule has 27 heavy (non-hydrogen) atoms. The van der Waals surface area contributed by atoms with Crippen LogP contribution in [0.3, 0.4) is 0 Å². The standard InChI is InChI=1S/C19H17Cl2N3O2S/c1-11-10-24-17(26)14(9-22-18(24)27-11)16(25)23-19(5-2-6-19)8-12-3-4-13(20)7-15(12)21/h3-4,7,9-10H,2,5-6,8H2,1H3,(H,23,25). The van der Waals surface area contributed by atoms with Gasteiger partial charge in [-0.25, -0.2) is 4.98 Å². The van der Waals surface area contributed by atoms with E-state index in [9.17, 15) is 9.59 Å². The maximum Gasteiger partial charge on any atom is 0.271 e. The van der Waals surface area contributed by atoms with E-state index in [0.29, 0.717) is 21.4 Å². The minimum absolute atomic E-state index is 0.0544. The summed E-state index contributed by atoms with van der Waals surface area (Å²) in [5.74, 6) is -0.393. The van der Waals surface area contributed by atoms with Crippen LogP contribution in [0.25, 0.3) is 4.96 Å². The molecule has 1 aromatic carbocycles. The number of rotatable bonds is 4. The average Bonchev–Trinajstić information content (AvgIpc) is 2.96. The molecule has 4 rings (SSSR count). The molecular formula is C19H17Cl2N3O2S. The van der Waals surface area contributed by atoms with E-state index in [-0.39, 0.29) is 11.1 Å². The van der Waals surface area contributed by atoms with Gasteiger partial charge in [0.1, 0.15) is 5.56 Å². The van der Waals surface area contributed by atoms with Gasteiger partial charge in [-0.1, -0.05) is 29.3 Å². The van der Waals surface area contributed by atoms with Crippen molar-refractivity contribution in [2.24, 2.45) is 0 Å². The van der Waals surface area contributed by atoms with E-state index < -0.39 is 11.4 Å². The first-order valence-corrected chi connectivity index (χ1v) is 10.2. The van der Waals surface area contributed by atoms with E-state index in [4.69, 9.17) is 23.2 Å². The molecule has 2 aromatic heterocycles. The molecule has 140 valence electrons. The number of nitrogens with zero attached hydrogens (tertiary/aromatic N) is 2. The molecule has 0 radical (unpaired) electrons. The molecule has 1 aliphatic rings. The summed E-state index contributed by atoms with van der Waals surface area (Å²) in [7, 11) is 0. The fraction of sp³-hybridized carbons (Fsp3) is 0.316. The van der Waals surface area contributed by atoms with Gasteiger partial charge in [0.05, 0.1) is 0 Å². The smallest absolute Gasteiger partial charge is 0.271 e. The summed E-state index contributed by atoms with van der Waals surface area (Å²) in [6.45, 7) is 1.90. The maximum atomic E-state index is 12.8. The molecule has 0 atom stereocenters. The van der Waals surface area contributed by atoms with E-state index in [2.05, 4.69) is 10.3 Å². The summed E-state index contributed by atoms with van der Waals surface area (Å²) in [5.41, 5.74) is 0.241. The Hall–Kier alpha value is -1.89. The number of halogens is 2. The van der Waals surface area contributed by atoms with Gasteiger partial charge in [0.15, 0.2) is 4.96 Å². The van der Waals surface area contributed by atoms with Crippen molar-refractivity contribution in [1.82, 2.24) is 14.7 Å². The van der Waals surface area contributed by atoms with Crippen molar-refractivity contribution < 1.29 is 4.79 Å². The summed E-state index contributed by atoms with van der Waals surface area (Å²) in [6, 6.07) is 5.38. The first kappa shape index (κ1) is 18.5. The maximum absolute atomic E-state index is 12.8. The first-order chi connectivity index (χ1) is 12.9. The molecule has 1 amide bonds. The molecule has 8 heteroatoms. The summed E-state index contributed by atoms with van der Waals surface area (Å²) >= 11 is 13.7. The zero-order valence-corrected chi connectivity index (χ0v) is 16.9. The molecule has 0 aliphatic heterocycles. The van der Waals surface area contributed by atoms with Gasteiger partial charge in [-0.05, 0) is 50.3 Å². The minimum Gasteiger partial charge on any atom is -0.346 e. The van der Waals surface area contributed by atoms with Crippen molar-refractivity contribution in [2.75, 3.05) is 0 Å². The minimum atomic E-state index is -0.398. The van der Waals surface area contributed by atoms with E-state index >= 15 is 0 Å². The Bertz CT molecular complexity index is 1100. The molecule has 1 N–H and O–H groups in total. The van der Waals surface area contributed by atoms with E-state index in [1.807, 2.05) is 13.0 Å². The number of carbonyl (C=O) groups excluding carboxylic acids is 1. The third kappa shape index (κ3) is 3.49. The highest BCUT2D eigenvalue weighted by Gasteiger charge is 2.39. The lowest BCUT2D eigenvalue weighted by Gasteiger charge is -2.43. The van der Waals surface area contributed by atoms with Crippen LogP contribution < -0.4 is 10.9 Å². The van der Waals surface area contributed by atoms with Gasteiger partial charge in [0, 0.05) is 32.9 Å². The Morgan fingerprint density at radius 1 is 1.37 bits per heavy atom. The third-order valence-electron chi connectivity index (χ3n) is 5.00. The number of amides is 1. The lowest BCUT2D eigenvalue weighted by atomic mass is 9.72. The molecule has 2 heterocycles. The van der Waals surface area contributed by atoms with Crippen LogP contribution in [0.4, 0.5) is 0 Å². The molecule has 0 saturated heterocycles. The third-order valence-corrected chi connectivity index (χ3v) is 6.50. The molecule has 5 nitrogen and oxygen atoms in total. The second-order valence-corrected chi connectivity index (χ2v) is 9.03.